The van der Waals surface area contributed by atoms with Gasteiger partial charge in [-0.3, -0.25) is 9.59 Å². The van der Waals surface area contributed by atoms with E-state index in [9.17, 15) is 9.59 Å². The van der Waals surface area contributed by atoms with Crippen LogP contribution in [-0.2, 0) is 14.3 Å². The Hall–Kier alpha value is -1.14. The van der Waals surface area contributed by atoms with Crippen molar-refractivity contribution in [2.75, 3.05) is 26.7 Å². The van der Waals surface area contributed by atoms with Crippen LogP contribution in [0.5, 0.6) is 0 Å². The fourth-order valence-corrected chi connectivity index (χ4v) is 2.72. The normalized spacial score (nSPS) is 23.3. The standard InChI is InChI=1S/C15H29N3O3/c1-5-6-7-21-12-8-11(15(12,2)3)18(4)14(20)10-17-13(19)9-16/h11-12H,5-10,16H2,1-4H3,(H,17,19). The van der Waals surface area contributed by atoms with Crippen molar-refractivity contribution in [2.24, 2.45) is 11.1 Å². The third kappa shape index (κ3) is 4.41. The van der Waals surface area contributed by atoms with E-state index in [2.05, 4.69) is 26.1 Å². The molecule has 6 heteroatoms. The number of hydrogen-bond donors (Lipinski definition) is 2. The Bertz CT molecular complexity index is 371. The van der Waals surface area contributed by atoms with Gasteiger partial charge in [-0.15, -0.1) is 0 Å². The number of rotatable bonds is 8. The van der Waals surface area contributed by atoms with Crippen molar-refractivity contribution in [3.05, 3.63) is 0 Å². The summed E-state index contributed by atoms with van der Waals surface area (Å²) in [5, 5.41) is 2.51. The summed E-state index contributed by atoms with van der Waals surface area (Å²) in [4.78, 5) is 24.9. The van der Waals surface area contributed by atoms with Gasteiger partial charge in [0.25, 0.3) is 0 Å². The topological polar surface area (TPSA) is 84.7 Å². The number of amides is 2. The van der Waals surface area contributed by atoms with Gasteiger partial charge in [0, 0.05) is 25.1 Å². The maximum Gasteiger partial charge on any atom is 0.241 e. The molecule has 0 aromatic heterocycles. The minimum atomic E-state index is -0.314. The average molecular weight is 299 g/mol. The lowest BCUT2D eigenvalue weighted by Crippen LogP contribution is -2.63. The Morgan fingerprint density at radius 1 is 1.43 bits per heavy atom. The number of ether oxygens (including phenoxy) is 1. The first-order valence-electron chi connectivity index (χ1n) is 7.68. The first-order chi connectivity index (χ1) is 9.84. The number of likely N-dealkylation sites (N-methyl/N-ethyl adjacent to an activating group) is 1. The zero-order chi connectivity index (χ0) is 16.0. The van der Waals surface area contributed by atoms with E-state index < -0.39 is 0 Å². The summed E-state index contributed by atoms with van der Waals surface area (Å²) in [6, 6.07) is 0.145. The smallest absolute Gasteiger partial charge is 0.241 e. The Labute approximate surface area is 127 Å². The molecule has 0 saturated heterocycles. The molecule has 0 radical (unpaired) electrons. The molecule has 0 heterocycles. The van der Waals surface area contributed by atoms with E-state index in [0.29, 0.717) is 0 Å². The summed E-state index contributed by atoms with van der Waals surface area (Å²) in [6.45, 7) is 7.07. The quantitative estimate of drug-likeness (QED) is 0.639. The van der Waals surface area contributed by atoms with Crippen molar-refractivity contribution < 1.29 is 14.3 Å². The lowest BCUT2D eigenvalue weighted by atomic mass is 9.64. The molecule has 0 aromatic carbocycles. The molecule has 122 valence electrons. The summed E-state index contributed by atoms with van der Waals surface area (Å²) < 4.78 is 5.89. The highest BCUT2D eigenvalue weighted by molar-refractivity contribution is 5.85. The monoisotopic (exact) mass is 299 g/mol. The van der Waals surface area contributed by atoms with E-state index in [1.807, 2.05) is 0 Å². The summed E-state index contributed by atoms with van der Waals surface area (Å²) in [5.74, 6) is -0.410. The van der Waals surface area contributed by atoms with Crippen molar-refractivity contribution in [1.29, 1.82) is 0 Å². The van der Waals surface area contributed by atoms with Gasteiger partial charge < -0.3 is 20.7 Å². The van der Waals surface area contributed by atoms with Crippen molar-refractivity contribution in [1.82, 2.24) is 10.2 Å². The second kappa shape index (κ2) is 7.75. The predicted octanol–water partition coefficient (Wildman–Crippen LogP) is 0.504. The van der Waals surface area contributed by atoms with Crippen LogP contribution in [0.4, 0.5) is 0 Å². The van der Waals surface area contributed by atoms with E-state index >= 15 is 0 Å². The number of carbonyl (C=O) groups is 2. The molecule has 21 heavy (non-hydrogen) atoms. The summed E-state index contributed by atoms with van der Waals surface area (Å²) in [6.07, 6.45) is 3.24. The number of nitrogens with one attached hydrogen (secondary N) is 1. The Balaban J connectivity index is 2.43. The number of nitrogens with two attached hydrogens (primary N) is 1. The van der Waals surface area contributed by atoms with Gasteiger partial charge in [0.2, 0.25) is 11.8 Å². The first-order valence-corrected chi connectivity index (χ1v) is 7.68. The van der Waals surface area contributed by atoms with Crippen LogP contribution < -0.4 is 11.1 Å². The van der Waals surface area contributed by atoms with Crippen LogP contribution in [0, 0.1) is 5.41 Å². The van der Waals surface area contributed by atoms with E-state index in [-0.39, 0.29) is 42.5 Å². The van der Waals surface area contributed by atoms with Crippen molar-refractivity contribution in [3.8, 4) is 0 Å². The van der Waals surface area contributed by atoms with Gasteiger partial charge in [-0.1, -0.05) is 27.2 Å². The number of unbranched alkanes of at least 4 members (excludes halogenated alkanes) is 1. The molecule has 2 unspecified atom stereocenters. The van der Waals surface area contributed by atoms with Gasteiger partial charge in [0.05, 0.1) is 19.2 Å². The number of nitrogens with zero attached hydrogens (tertiary/aromatic N) is 1. The van der Waals surface area contributed by atoms with Crippen LogP contribution in [0.1, 0.15) is 40.0 Å². The minimum Gasteiger partial charge on any atom is -0.378 e. The fraction of sp³-hybridized carbons (Fsp3) is 0.867. The van der Waals surface area contributed by atoms with Crippen LogP contribution in [-0.4, -0.2) is 55.6 Å². The van der Waals surface area contributed by atoms with Crippen molar-refractivity contribution in [3.63, 3.8) is 0 Å². The van der Waals surface area contributed by atoms with Gasteiger partial charge in [-0.2, -0.15) is 0 Å². The molecule has 0 bridgehead atoms. The molecular weight excluding hydrogens is 270 g/mol. The molecule has 1 fully saturated rings. The molecule has 1 saturated carbocycles. The molecular formula is C15H29N3O3. The molecule has 2 atom stereocenters. The molecule has 6 nitrogen and oxygen atoms in total. The van der Waals surface area contributed by atoms with E-state index in [1.54, 1.807) is 11.9 Å². The number of carbonyl (C=O) groups excluding carboxylic acids is 2. The van der Waals surface area contributed by atoms with Crippen LogP contribution in [0.25, 0.3) is 0 Å². The van der Waals surface area contributed by atoms with E-state index in [0.717, 1.165) is 25.9 Å². The maximum absolute atomic E-state index is 12.1. The van der Waals surface area contributed by atoms with Gasteiger partial charge >= 0.3 is 0 Å². The molecule has 0 spiro atoms. The average Bonchev–Trinajstić information content (AvgIpc) is 2.46. The lowest BCUT2D eigenvalue weighted by molar-refractivity contribution is -0.164. The first kappa shape index (κ1) is 17.9. The summed E-state index contributed by atoms with van der Waals surface area (Å²) >= 11 is 0. The molecule has 2 amide bonds. The largest absolute Gasteiger partial charge is 0.378 e. The lowest BCUT2D eigenvalue weighted by Gasteiger charge is -2.55. The highest BCUT2D eigenvalue weighted by Crippen LogP contribution is 2.45. The molecule has 1 aliphatic rings. The maximum atomic E-state index is 12.1. The third-order valence-corrected chi connectivity index (χ3v) is 4.43. The second-order valence-corrected chi connectivity index (χ2v) is 6.27. The SMILES string of the molecule is CCCCOC1CC(N(C)C(=O)CNC(=O)CN)C1(C)C. The zero-order valence-electron chi connectivity index (χ0n) is 13.6. The van der Waals surface area contributed by atoms with Crippen molar-refractivity contribution >= 4 is 11.8 Å². The molecule has 3 N–H and O–H groups in total. The van der Waals surface area contributed by atoms with Gasteiger partial charge in [0.15, 0.2) is 0 Å². The van der Waals surface area contributed by atoms with Crippen LogP contribution >= 0.6 is 0 Å². The Morgan fingerprint density at radius 2 is 2.10 bits per heavy atom. The van der Waals surface area contributed by atoms with Gasteiger partial charge in [0.1, 0.15) is 0 Å². The molecule has 1 rings (SSSR count). The second-order valence-electron chi connectivity index (χ2n) is 6.27. The predicted molar refractivity (Wildman–Crippen MR) is 81.7 cm³/mol. The fourth-order valence-electron chi connectivity index (χ4n) is 2.72. The van der Waals surface area contributed by atoms with Crippen LogP contribution in [0.15, 0.2) is 0 Å². The highest BCUT2D eigenvalue weighted by Gasteiger charge is 2.51. The molecule has 1 aliphatic carbocycles. The van der Waals surface area contributed by atoms with Crippen molar-refractivity contribution in [2.45, 2.75) is 52.2 Å². The highest BCUT2D eigenvalue weighted by atomic mass is 16.5. The molecule has 0 aromatic rings. The zero-order valence-corrected chi connectivity index (χ0v) is 13.6. The summed E-state index contributed by atoms with van der Waals surface area (Å²) in [5.41, 5.74) is 5.14. The van der Waals surface area contributed by atoms with Gasteiger partial charge in [-0.05, 0) is 12.8 Å². The van der Waals surface area contributed by atoms with Crippen LogP contribution in [0.2, 0.25) is 0 Å². The van der Waals surface area contributed by atoms with E-state index in [1.165, 1.54) is 0 Å². The Morgan fingerprint density at radius 3 is 2.62 bits per heavy atom. The molecule has 0 aliphatic heterocycles. The summed E-state index contributed by atoms with van der Waals surface area (Å²) in [7, 11) is 1.78. The minimum absolute atomic E-state index is 0.000468. The van der Waals surface area contributed by atoms with E-state index in [4.69, 9.17) is 10.5 Å². The Kier molecular flexibility index (Phi) is 6.61. The van der Waals surface area contributed by atoms with Crippen LogP contribution in [0.3, 0.4) is 0 Å². The van der Waals surface area contributed by atoms with Gasteiger partial charge in [-0.25, -0.2) is 0 Å². The third-order valence-electron chi connectivity index (χ3n) is 4.43. The number of hydrogen-bond acceptors (Lipinski definition) is 4.